The van der Waals surface area contributed by atoms with Gasteiger partial charge in [-0.25, -0.2) is 4.79 Å². The molecule has 0 aliphatic heterocycles. The predicted octanol–water partition coefficient (Wildman–Crippen LogP) is 1.05. The summed E-state index contributed by atoms with van der Waals surface area (Å²) in [5, 5.41) is 19.5. The molecule has 0 saturated heterocycles. The molecule has 1 aromatic carbocycles. The summed E-state index contributed by atoms with van der Waals surface area (Å²) in [5.41, 5.74) is 0.938. The molecule has 0 bridgehead atoms. The molecule has 6 nitrogen and oxygen atoms in total. The summed E-state index contributed by atoms with van der Waals surface area (Å²) in [6.45, 7) is 0.324. The summed E-state index contributed by atoms with van der Waals surface area (Å²) in [5.74, 6) is 0.258. The van der Waals surface area contributed by atoms with Crippen LogP contribution in [0.25, 0.3) is 0 Å². The van der Waals surface area contributed by atoms with Crippen LogP contribution in [0.1, 0.15) is 12.0 Å². The average Bonchev–Trinajstić information content (AvgIpc) is 2.54. The van der Waals surface area contributed by atoms with Crippen molar-refractivity contribution in [3.8, 4) is 5.75 Å². The molecule has 1 aromatic rings. The minimum atomic E-state index is -1.03. The maximum atomic E-state index is 10.9. The van der Waals surface area contributed by atoms with Crippen LogP contribution in [0, 0.1) is 0 Å². The number of methoxy groups -OCH3 is 2. The Bertz CT molecular complexity index is 468. The Kier molecular flexibility index (Phi) is 8.21. The molecule has 6 heteroatoms. The Morgan fingerprint density at radius 3 is 2.45 bits per heavy atom. The zero-order valence-electron chi connectivity index (χ0n) is 12.8. The lowest BCUT2D eigenvalue weighted by Gasteiger charge is -2.16. The van der Waals surface area contributed by atoms with E-state index in [9.17, 15) is 15.0 Å². The van der Waals surface area contributed by atoms with Crippen molar-refractivity contribution in [1.29, 1.82) is 0 Å². The van der Waals surface area contributed by atoms with E-state index in [0.717, 1.165) is 11.3 Å². The summed E-state index contributed by atoms with van der Waals surface area (Å²) in [4.78, 5) is 10.9. The van der Waals surface area contributed by atoms with Crippen LogP contribution < -0.4 is 4.74 Å². The van der Waals surface area contributed by atoms with Crippen molar-refractivity contribution >= 4 is 5.97 Å². The quantitative estimate of drug-likeness (QED) is 0.524. The highest BCUT2D eigenvalue weighted by atomic mass is 16.5. The molecule has 0 spiro atoms. The molecule has 122 valence electrons. The lowest BCUT2D eigenvalue weighted by Crippen LogP contribution is -2.30. The SMILES string of the molecule is COC(=O)/C=C/C[C@H](O)[C@@H](O)COCc1ccc(OC)cc1. The number of benzene rings is 1. The van der Waals surface area contributed by atoms with Crippen molar-refractivity contribution in [2.24, 2.45) is 0 Å². The van der Waals surface area contributed by atoms with Gasteiger partial charge >= 0.3 is 5.97 Å². The Hall–Kier alpha value is -1.89. The van der Waals surface area contributed by atoms with Crippen LogP contribution >= 0.6 is 0 Å². The van der Waals surface area contributed by atoms with Crippen molar-refractivity contribution in [3.05, 3.63) is 42.0 Å². The molecule has 0 unspecified atom stereocenters. The first-order valence-electron chi connectivity index (χ1n) is 6.88. The lowest BCUT2D eigenvalue weighted by atomic mass is 10.1. The Labute approximate surface area is 129 Å². The monoisotopic (exact) mass is 310 g/mol. The van der Waals surface area contributed by atoms with Gasteiger partial charge in [0.15, 0.2) is 0 Å². The van der Waals surface area contributed by atoms with Crippen molar-refractivity contribution in [2.45, 2.75) is 25.2 Å². The molecule has 0 amide bonds. The molecule has 0 aromatic heterocycles. The third-order valence-corrected chi connectivity index (χ3v) is 2.99. The Morgan fingerprint density at radius 1 is 1.18 bits per heavy atom. The zero-order chi connectivity index (χ0) is 16.4. The second-order valence-corrected chi connectivity index (χ2v) is 4.66. The number of hydrogen-bond donors (Lipinski definition) is 2. The Morgan fingerprint density at radius 2 is 1.86 bits per heavy atom. The maximum absolute atomic E-state index is 10.9. The van der Waals surface area contributed by atoms with Crippen molar-refractivity contribution < 1.29 is 29.2 Å². The van der Waals surface area contributed by atoms with E-state index in [-0.39, 0.29) is 13.0 Å². The molecule has 0 heterocycles. The van der Waals surface area contributed by atoms with E-state index in [0.29, 0.717) is 6.61 Å². The minimum Gasteiger partial charge on any atom is -0.497 e. The van der Waals surface area contributed by atoms with E-state index in [1.807, 2.05) is 24.3 Å². The lowest BCUT2D eigenvalue weighted by molar-refractivity contribution is -0.134. The smallest absolute Gasteiger partial charge is 0.330 e. The van der Waals surface area contributed by atoms with E-state index < -0.39 is 18.2 Å². The van der Waals surface area contributed by atoms with Crippen LogP contribution in [0.15, 0.2) is 36.4 Å². The summed E-state index contributed by atoms with van der Waals surface area (Å²) < 4.78 is 14.8. The predicted molar refractivity (Wildman–Crippen MR) is 80.4 cm³/mol. The standard InChI is InChI=1S/C16H22O6/c1-20-13-8-6-12(7-9-13)10-22-11-15(18)14(17)4-3-5-16(19)21-2/h3,5-9,14-15,17-18H,4,10-11H2,1-2H3/b5-3+/t14-,15-/m0/s1. The maximum Gasteiger partial charge on any atom is 0.330 e. The number of hydrogen-bond acceptors (Lipinski definition) is 6. The Balaban J connectivity index is 2.27. The molecule has 0 saturated carbocycles. The molecule has 1 rings (SSSR count). The molecule has 2 atom stereocenters. The third kappa shape index (κ3) is 6.71. The van der Waals surface area contributed by atoms with Crippen LogP contribution in [-0.4, -0.2) is 49.2 Å². The highest BCUT2D eigenvalue weighted by Gasteiger charge is 2.15. The first kappa shape index (κ1) is 18.2. The number of ether oxygens (including phenoxy) is 3. The molecular weight excluding hydrogens is 288 g/mol. The summed E-state index contributed by atoms with van der Waals surface area (Å²) >= 11 is 0. The topological polar surface area (TPSA) is 85.2 Å². The first-order valence-corrected chi connectivity index (χ1v) is 6.88. The average molecular weight is 310 g/mol. The van der Waals surface area contributed by atoms with Crippen LogP contribution in [0.3, 0.4) is 0 Å². The van der Waals surface area contributed by atoms with Gasteiger partial charge < -0.3 is 24.4 Å². The van der Waals surface area contributed by atoms with Crippen LogP contribution in [0.2, 0.25) is 0 Å². The first-order chi connectivity index (χ1) is 10.6. The van der Waals surface area contributed by atoms with Gasteiger partial charge in [0.05, 0.1) is 33.5 Å². The van der Waals surface area contributed by atoms with Gasteiger partial charge in [0, 0.05) is 6.08 Å². The largest absolute Gasteiger partial charge is 0.497 e. The van der Waals surface area contributed by atoms with Crippen LogP contribution in [0.4, 0.5) is 0 Å². The van der Waals surface area contributed by atoms with Gasteiger partial charge in [0.2, 0.25) is 0 Å². The fraction of sp³-hybridized carbons (Fsp3) is 0.438. The number of rotatable bonds is 9. The molecular formula is C16H22O6. The van der Waals surface area contributed by atoms with Crippen molar-refractivity contribution in [3.63, 3.8) is 0 Å². The number of esters is 1. The van der Waals surface area contributed by atoms with Gasteiger partial charge in [0.25, 0.3) is 0 Å². The van der Waals surface area contributed by atoms with Gasteiger partial charge in [-0.15, -0.1) is 0 Å². The molecule has 0 aliphatic carbocycles. The van der Waals surface area contributed by atoms with Gasteiger partial charge in [-0.05, 0) is 24.1 Å². The van der Waals surface area contributed by atoms with E-state index in [1.54, 1.807) is 7.11 Å². The second-order valence-electron chi connectivity index (χ2n) is 4.66. The second kappa shape index (κ2) is 9.94. The highest BCUT2D eigenvalue weighted by molar-refractivity contribution is 5.81. The molecule has 0 radical (unpaired) electrons. The third-order valence-electron chi connectivity index (χ3n) is 2.99. The van der Waals surface area contributed by atoms with Crippen molar-refractivity contribution in [2.75, 3.05) is 20.8 Å². The van der Waals surface area contributed by atoms with Crippen LogP contribution in [0.5, 0.6) is 5.75 Å². The molecule has 2 N–H and O–H groups in total. The van der Waals surface area contributed by atoms with Gasteiger partial charge in [0.1, 0.15) is 11.9 Å². The summed E-state index contributed by atoms with van der Waals surface area (Å²) in [6, 6.07) is 7.37. The number of aliphatic hydroxyl groups excluding tert-OH is 2. The summed E-state index contributed by atoms with van der Waals surface area (Å²) in [7, 11) is 2.86. The van der Waals surface area contributed by atoms with Crippen molar-refractivity contribution in [1.82, 2.24) is 0 Å². The van der Waals surface area contributed by atoms with E-state index >= 15 is 0 Å². The van der Waals surface area contributed by atoms with E-state index in [2.05, 4.69) is 4.74 Å². The number of aliphatic hydroxyl groups is 2. The molecule has 0 fully saturated rings. The van der Waals surface area contributed by atoms with E-state index in [4.69, 9.17) is 9.47 Å². The number of carbonyl (C=O) groups excluding carboxylic acids is 1. The normalized spacial score (nSPS) is 13.8. The summed E-state index contributed by atoms with van der Waals surface area (Å²) in [6.07, 6.45) is 0.761. The fourth-order valence-electron chi connectivity index (χ4n) is 1.66. The van der Waals surface area contributed by atoms with Crippen LogP contribution in [-0.2, 0) is 20.9 Å². The fourth-order valence-corrected chi connectivity index (χ4v) is 1.66. The molecule has 22 heavy (non-hydrogen) atoms. The molecule has 0 aliphatic rings. The van der Waals surface area contributed by atoms with E-state index in [1.165, 1.54) is 19.3 Å². The minimum absolute atomic E-state index is 0.000734. The highest BCUT2D eigenvalue weighted by Crippen LogP contribution is 2.12. The van der Waals surface area contributed by atoms with Gasteiger partial charge in [-0.3, -0.25) is 0 Å². The zero-order valence-corrected chi connectivity index (χ0v) is 12.8. The van der Waals surface area contributed by atoms with Gasteiger partial charge in [-0.2, -0.15) is 0 Å². The van der Waals surface area contributed by atoms with Gasteiger partial charge in [-0.1, -0.05) is 18.2 Å². The number of carbonyl (C=O) groups is 1.